The molecule has 1 aliphatic rings. The topological polar surface area (TPSA) is 115 Å². The molecule has 0 radical (unpaired) electrons. The number of amides is 1. The number of rotatable bonds is 11. The lowest BCUT2D eigenvalue weighted by atomic mass is 10.0. The van der Waals surface area contributed by atoms with Crippen molar-refractivity contribution in [3.8, 4) is 6.07 Å². The minimum atomic E-state index is -0.952. The number of benzene rings is 1. The number of nitrogens with zero attached hydrogens (tertiary/aromatic N) is 3. The molecule has 2 aromatic rings. The molecule has 1 fully saturated rings. The second-order valence-corrected chi connectivity index (χ2v) is 10.2. The molecule has 8 nitrogen and oxygen atoms in total. The van der Waals surface area contributed by atoms with Gasteiger partial charge in [-0.2, -0.15) is 5.26 Å². The molecule has 0 spiro atoms. The Morgan fingerprint density at radius 3 is 2.57 bits per heavy atom. The molecule has 11 heteroatoms. The van der Waals surface area contributed by atoms with E-state index in [1.54, 1.807) is 25.1 Å². The highest BCUT2D eigenvalue weighted by molar-refractivity contribution is 8.26. The van der Waals surface area contributed by atoms with Crippen LogP contribution in [0.4, 0.5) is 10.2 Å². The number of hydrogen-bond acceptors (Lipinski definition) is 7. The van der Waals surface area contributed by atoms with Gasteiger partial charge in [-0.15, -0.1) is 0 Å². The Labute approximate surface area is 223 Å². The van der Waals surface area contributed by atoms with Crippen LogP contribution >= 0.6 is 24.0 Å². The van der Waals surface area contributed by atoms with E-state index < -0.39 is 11.5 Å². The highest BCUT2D eigenvalue weighted by atomic mass is 32.2. The lowest BCUT2D eigenvalue weighted by Gasteiger charge is -2.20. The van der Waals surface area contributed by atoms with Crippen molar-refractivity contribution in [2.45, 2.75) is 52.6 Å². The van der Waals surface area contributed by atoms with Crippen molar-refractivity contribution in [1.82, 2.24) is 9.47 Å². The predicted octanol–water partition coefficient (Wildman–Crippen LogP) is 4.65. The smallest absolute Gasteiger partial charge is 0.303 e. The fourth-order valence-corrected chi connectivity index (χ4v) is 5.17. The van der Waals surface area contributed by atoms with Crippen LogP contribution in [-0.2, 0) is 22.7 Å². The van der Waals surface area contributed by atoms with Crippen LogP contribution in [0, 0.1) is 24.1 Å². The molecule has 2 heterocycles. The first kappa shape index (κ1) is 28.1. The number of anilines is 1. The van der Waals surface area contributed by atoms with E-state index in [9.17, 15) is 24.0 Å². The molecule has 1 aromatic heterocycles. The maximum absolute atomic E-state index is 13.4. The predicted molar refractivity (Wildman–Crippen MR) is 146 cm³/mol. The minimum absolute atomic E-state index is 0.00776. The Morgan fingerprint density at radius 1 is 1.24 bits per heavy atom. The van der Waals surface area contributed by atoms with Gasteiger partial charge in [0, 0.05) is 31.6 Å². The molecule has 0 bridgehead atoms. The molecule has 0 unspecified atom stereocenters. The molecule has 2 N–H and O–H groups in total. The zero-order valence-electron chi connectivity index (χ0n) is 20.5. The Hall–Kier alpha value is -3.49. The van der Waals surface area contributed by atoms with Crippen molar-refractivity contribution in [3.63, 3.8) is 0 Å². The van der Waals surface area contributed by atoms with Gasteiger partial charge >= 0.3 is 5.97 Å². The van der Waals surface area contributed by atoms with Crippen molar-refractivity contribution in [2.75, 3.05) is 11.9 Å². The summed E-state index contributed by atoms with van der Waals surface area (Å²) in [6.07, 6.45) is 3.33. The molecule has 3 rings (SSSR count). The zero-order chi connectivity index (χ0) is 27.1. The highest BCUT2D eigenvalue weighted by Gasteiger charge is 2.32. The SMILES string of the molecule is CCCCn1c(NCc2ccc(F)cc2)c(/C=C2/SC(=S)N(CCCC(=O)O)C2=O)c(C)c(C#N)c1=O. The van der Waals surface area contributed by atoms with E-state index in [4.69, 9.17) is 17.3 Å². The van der Waals surface area contributed by atoms with Crippen LogP contribution in [0.5, 0.6) is 0 Å². The monoisotopic (exact) mass is 542 g/mol. The summed E-state index contributed by atoms with van der Waals surface area (Å²) >= 11 is 6.45. The van der Waals surface area contributed by atoms with E-state index in [-0.39, 0.29) is 43.2 Å². The maximum Gasteiger partial charge on any atom is 0.303 e. The molecule has 1 aliphatic heterocycles. The third kappa shape index (κ3) is 6.64. The van der Waals surface area contributed by atoms with Crippen molar-refractivity contribution in [1.29, 1.82) is 5.26 Å². The van der Waals surface area contributed by atoms with Crippen molar-refractivity contribution >= 4 is 52.1 Å². The first-order valence-electron chi connectivity index (χ1n) is 11.8. The first-order chi connectivity index (χ1) is 17.7. The third-order valence-corrected chi connectivity index (χ3v) is 7.28. The van der Waals surface area contributed by atoms with Gasteiger partial charge in [-0.3, -0.25) is 23.9 Å². The number of carboxylic acid groups (broad SMARTS) is 1. The fraction of sp³-hybridized carbons (Fsp3) is 0.346. The number of nitriles is 1. The number of carbonyl (C=O) groups is 2. The van der Waals surface area contributed by atoms with Crippen LogP contribution in [0.15, 0.2) is 34.0 Å². The normalized spacial score (nSPS) is 14.3. The number of unbranched alkanes of at least 4 members (excludes halogenated alkanes) is 1. The van der Waals surface area contributed by atoms with Crippen LogP contribution in [0.2, 0.25) is 0 Å². The second-order valence-electron chi connectivity index (χ2n) is 8.50. The summed E-state index contributed by atoms with van der Waals surface area (Å²) in [5.41, 5.74) is 1.30. The van der Waals surface area contributed by atoms with E-state index in [0.717, 1.165) is 23.7 Å². The fourth-order valence-electron chi connectivity index (χ4n) is 3.88. The minimum Gasteiger partial charge on any atom is -0.481 e. The van der Waals surface area contributed by atoms with Crippen molar-refractivity contribution in [3.05, 3.63) is 67.6 Å². The molecule has 37 heavy (non-hydrogen) atoms. The summed E-state index contributed by atoms with van der Waals surface area (Å²) in [6, 6.07) is 7.97. The van der Waals surface area contributed by atoms with Gasteiger partial charge in [0.1, 0.15) is 27.6 Å². The largest absolute Gasteiger partial charge is 0.481 e. The summed E-state index contributed by atoms with van der Waals surface area (Å²) in [5.74, 6) is -1.21. The number of aliphatic carboxylic acids is 1. The quantitative estimate of drug-likeness (QED) is 0.312. The summed E-state index contributed by atoms with van der Waals surface area (Å²) in [5, 5.41) is 21.9. The van der Waals surface area contributed by atoms with Gasteiger partial charge in [-0.25, -0.2) is 4.39 Å². The average Bonchev–Trinajstić information content (AvgIpc) is 3.12. The summed E-state index contributed by atoms with van der Waals surface area (Å²) in [7, 11) is 0. The van der Waals surface area contributed by atoms with Gasteiger partial charge in [0.05, 0.1) is 4.91 Å². The van der Waals surface area contributed by atoms with E-state index in [2.05, 4.69) is 5.32 Å². The summed E-state index contributed by atoms with van der Waals surface area (Å²) in [6.45, 7) is 4.49. The molecule has 0 saturated carbocycles. The van der Waals surface area contributed by atoms with Crippen LogP contribution in [-0.4, -0.2) is 37.3 Å². The molecule has 0 atom stereocenters. The number of halogens is 1. The number of pyridine rings is 1. The second kappa shape index (κ2) is 12.7. The Kier molecular flexibility index (Phi) is 9.60. The number of carboxylic acids is 1. The van der Waals surface area contributed by atoms with Crippen LogP contribution in [0.25, 0.3) is 6.08 Å². The van der Waals surface area contributed by atoms with E-state index >= 15 is 0 Å². The van der Waals surface area contributed by atoms with Gasteiger partial charge in [0.25, 0.3) is 11.5 Å². The van der Waals surface area contributed by atoms with Gasteiger partial charge < -0.3 is 10.4 Å². The Bertz CT molecular complexity index is 1350. The molecular formula is C26H27FN4O4S2. The summed E-state index contributed by atoms with van der Waals surface area (Å²) < 4.78 is 15.2. The van der Waals surface area contributed by atoms with Crippen molar-refractivity contribution in [2.24, 2.45) is 0 Å². The standard InChI is InChI=1S/C26H27FN4O4S2/c1-3-4-11-30-23(29-15-17-7-9-18(27)10-8-17)19(16(2)20(14-28)24(30)34)13-21-25(35)31(26(36)37-21)12-5-6-22(32)33/h7-10,13,29H,3-6,11-12,15H2,1-2H3,(H,32,33)/b21-13+. The third-order valence-electron chi connectivity index (χ3n) is 5.90. The number of hydrogen-bond donors (Lipinski definition) is 2. The summed E-state index contributed by atoms with van der Waals surface area (Å²) in [4.78, 5) is 38.9. The highest BCUT2D eigenvalue weighted by Crippen LogP contribution is 2.35. The first-order valence-corrected chi connectivity index (χ1v) is 13.0. The van der Waals surface area contributed by atoms with Crippen molar-refractivity contribution < 1.29 is 19.1 Å². The molecule has 194 valence electrons. The Morgan fingerprint density at radius 2 is 1.95 bits per heavy atom. The van der Waals surface area contributed by atoms with Gasteiger partial charge in [-0.05, 0) is 49.1 Å². The molecule has 1 aromatic carbocycles. The number of thiocarbonyl (C=S) groups is 1. The van der Waals surface area contributed by atoms with Crippen LogP contribution in [0.3, 0.4) is 0 Å². The molecule has 1 saturated heterocycles. The number of nitrogens with one attached hydrogen (secondary N) is 1. The lowest BCUT2D eigenvalue weighted by molar-refractivity contribution is -0.137. The maximum atomic E-state index is 13.4. The molecular weight excluding hydrogens is 515 g/mol. The Balaban J connectivity index is 2.07. The molecule has 0 aliphatic carbocycles. The van der Waals surface area contributed by atoms with E-state index in [1.165, 1.54) is 21.6 Å². The van der Waals surface area contributed by atoms with E-state index in [1.807, 2.05) is 13.0 Å². The molecule has 1 amide bonds. The number of thioether (sulfide) groups is 1. The number of aromatic nitrogens is 1. The zero-order valence-corrected chi connectivity index (χ0v) is 22.2. The van der Waals surface area contributed by atoms with E-state index in [0.29, 0.717) is 39.1 Å². The van der Waals surface area contributed by atoms with Crippen LogP contribution in [0.1, 0.15) is 54.9 Å². The average molecular weight is 543 g/mol. The van der Waals surface area contributed by atoms with Gasteiger partial charge in [0.2, 0.25) is 0 Å². The lowest BCUT2D eigenvalue weighted by Crippen LogP contribution is -2.29. The van der Waals surface area contributed by atoms with Gasteiger partial charge in [0.15, 0.2) is 0 Å². The van der Waals surface area contributed by atoms with Crippen LogP contribution < -0.4 is 10.9 Å². The van der Waals surface area contributed by atoms with Gasteiger partial charge in [-0.1, -0.05) is 49.5 Å². The number of carbonyl (C=O) groups excluding carboxylic acids is 1.